The van der Waals surface area contributed by atoms with Gasteiger partial charge in [-0.2, -0.15) is 0 Å². The first-order chi connectivity index (χ1) is 11.5. The van der Waals surface area contributed by atoms with Crippen LogP contribution in [0, 0.1) is 0 Å². The van der Waals surface area contributed by atoms with Crippen molar-refractivity contribution in [3.05, 3.63) is 59.7 Å². The Morgan fingerprint density at radius 2 is 1.83 bits per heavy atom. The molecule has 0 aromatic heterocycles. The van der Waals surface area contributed by atoms with Gasteiger partial charge in [-0.05, 0) is 56.0 Å². The van der Waals surface area contributed by atoms with Crippen molar-refractivity contribution in [3.63, 3.8) is 0 Å². The summed E-state index contributed by atoms with van der Waals surface area (Å²) in [6, 6.07) is 15.9. The number of urea groups is 1. The summed E-state index contributed by atoms with van der Waals surface area (Å²) in [5, 5.41) is 3.17. The molecule has 0 saturated heterocycles. The third-order valence-electron chi connectivity index (χ3n) is 4.59. The SMILES string of the molecule is COc1ccc(C(C)(C)NC(=O)N2CCCc3ccccc32)cc1. The first kappa shape index (κ1) is 16.4. The van der Waals surface area contributed by atoms with Crippen molar-refractivity contribution < 1.29 is 9.53 Å². The molecule has 2 aromatic carbocycles. The number of aryl methyl sites for hydroxylation is 1. The second kappa shape index (κ2) is 6.56. The molecule has 1 aliphatic heterocycles. The molecule has 0 atom stereocenters. The maximum atomic E-state index is 12.9. The Morgan fingerprint density at radius 3 is 2.54 bits per heavy atom. The molecule has 0 unspecified atom stereocenters. The van der Waals surface area contributed by atoms with Gasteiger partial charge in [0.15, 0.2) is 0 Å². The van der Waals surface area contributed by atoms with Crippen LogP contribution in [-0.2, 0) is 12.0 Å². The highest BCUT2D eigenvalue weighted by Gasteiger charge is 2.28. The molecule has 2 amide bonds. The second-order valence-corrected chi connectivity index (χ2v) is 6.67. The largest absolute Gasteiger partial charge is 0.497 e. The second-order valence-electron chi connectivity index (χ2n) is 6.67. The van der Waals surface area contributed by atoms with Gasteiger partial charge in [-0.1, -0.05) is 30.3 Å². The summed E-state index contributed by atoms with van der Waals surface area (Å²) >= 11 is 0. The molecule has 126 valence electrons. The minimum Gasteiger partial charge on any atom is -0.497 e. The highest BCUT2D eigenvalue weighted by molar-refractivity contribution is 5.93. The Hall–Kier alpha value is -2.49. The number of nitrogens with zero attached hydrogens (tertiary/aromatic N) is 1. The molecule has 4 heteroatoms. The van der Waals surface area contributed by atoms with Crippen molar-refractivity contribution in [2.24, 2.45) is 0 Å². The lowest BCUT2D eigenvalue weighted by Gasteiger charge is -2.34. The van der Waals surface area contributed by atoms with Gasteiger partial charge in [0, 0.05) is 12.2 Å². The third-order valence-corrected chi connectivity index (χ3v) is 4.59. The fourth-order valence-corrected chi connectivity index (χ4v) is 3.16. The van der Waals surface area contributed by atoms with Crippen LogP contribution >= 0.6 is 0 Å². The van der Waals surface area contributed by atoms with E-state index in [-0.39, 0.29) is 6.03 Å². The molecule has 2 aromatic rings. The molecular formula is C20H24N2O2. The first-order valence-corrected chi connectivity index (χ1v) is 8.33. The molecule has 1 heterocycles. The molecular weight excluding hydrogens is 300 g/mol. The maximum Gasteiger partial charge on any atom is 0.322 e. The van der Waals surface area contributed by atoms with Crippen LogP contribution in [0.15, 0.2) is 48.5 Å². The van der Waals surface area contributed by atoms with Crippen LogP contribution in [0.4, 0.5) is 10.5 Å². The number of rotatable bonds is 3. The summed E-state index contributed by atoms with van der Waals surface area (Å²) in [6.07, 6.45) is 2.02. The number of hydrogen-bond donors (Lipinski definition) is 1. The van der Waals surface area contributed by atoms with Crippen LogP contribution < -0.4 is 15.0 Å². The molecule has 4 nitrogen and oxygen atoms in total. The number of ether oxygens (including phenoxy) is 1. The number of carbonyl (C=O) groups is 1. The Morgan fingerprint density at radius 1 is 1.12 bits per heavy atom. The Labute approximate surface area is 143 Å². The van der Waals surface area contributed by atoms with Gasteiger partial charge in [0.2, 0.25) is 0 Å². The topological polar surface area (TPSA) is 41.6 Å². The van der Waals surface area contributed by atoms with Gasteiger partial charge in [0.25, 0.3) is 0 Å². The number of carbonyl (C=O) groups excluding carboxylic acids is 1. The number of fused-ring (bicyclic) bond motifs is 1. The molecule has 0 aliphatic carbocycles. The number of hydrogen-bond acceptors (Lipinski definition) is 2. The van der Waals surface area contributed by atoms with Crippen molar-refractivity contribution >= 4 is 11.7 Å². The van der Waals surface area contributed by atoms with E-state index in [0.29, 0.717) is 0 Å². The third kappa shape index (κ3) is 3.23. The summed E-state index contributed by atoms with van der Waals surface area (Å²) in [7, 11) is 1.65. The summed E-state index contributed by atoms with van der Waals surface area (Å²) in [6.45, 7) is 4.78. The lowest BCUT2D eigenvalue weighted by molar-refractivity contribution is 0.235. The zero-order chi connectivity index (χ0) is 17.2. The van der Waals surface area contributed by atoms with Gasteiger partial charge in [-0.15, -0.1) is 0 Å². The monoisotopic (exact) mass is 324 g/mol. The van der Waals surface area contributed by atoms with E-state index in [2.05, 4.69) is 11.4 Å². The van der Waals surface area contributed by atoms with Crippen LogP contribution in [0.3, 0.4) is 0 Å². The smallest absolute Gasteiger partial charge is 0.322 e. The molecule has 24 heavy (non-hydrogen) atoms. The number of amides is 2. The number of benzene rings is 2. The zero-order valence-electron chi connectivity index (χ0n) is 14.5. The van der Waals surface area contributed by atoms with Crippen LogP contribution in [0.1, 0.15) is 31.4 Å². The predicted octanol–water partition coefficient (Wildman–Crippen LogP) is 4.09. The highest BCUT2D eigenvalue weighted by Crippen LogP contribution is 2.28. The maximum absolute atomic E-state index is 12.9. The first-order valence-electron chi connectivity index (χ1n) is 8.33. The molecule has 3 rings (SSSR count). The average molecular weight is 324 g/mol. The van der Waals surface area contributed by atoms with Crippen molar-refractivity contribution in [3.8, 4) is 5.75 Å². The van der Waals surface area contributed by atoms with Crippen molar-refractivity contribution in [2.75, 3.05) is 18.6 Å². The average Bonchev–Trinajstić information content (AvgIpc) is 2.61. The van der Waals surface area contributed by atoms with Crippen molar-refractivity contribution in [1.82, 2.24) is 5.32 Å². The van der Waals surface area contributed by atoms with Gasteiger partial charge >= 0.3 is 6.03 Å². The molecule has 0 spiro atoms. The number of anilines is 1. The normalized spacial score (nSPS) is 14.0. The van der Waals surface area contributed by atoms with E-state index in [1.54, 1.807) is 7.11 Å². The summed E-state index contributed by atoms with van der Waals surface area (Å²) in [5.41, 5.74) is 2.84. The van der Waals surface area contributed by atoms with Gasteiger partial charge in [0.1, 0.15) is 5.75 Å². The van der Waals surface area contributed by atoms with E-state index in [4.69, 9.17) is 4.74 Å². The molecule has 0 fully saturated rings. The van der Waals surface area contributed by atoms with E-state index >= 15 is 0 Å². The molecule has 1 aliphatic rings. The van der Waals surface area contributed by atoms with Crippen LogP contribution in [0.25, 0.3) is 0 Å². The van der Waals surface area contributed by atoms with Crippen molar-refractivity contribution in [2.45, 2.75) is 32.2 Å². The standard InChI is InChI=1S/C20H24N2O2/c1-20(2,16-10-12-17(24-3)13-11-16)21-19(23)22-14-6-8-15-7-4-5-9-18(15)22/h4-5,7,9-13H,6,8,14H2,1-3H3,(H,21,23). The van der Waals surface area contributed by atoms with Gasteiger partial charge < -0.3 is 10.1 Å². The summed E-state index contributed by atoms with van der Waals surface area (Å²) in [4.78, 5) is 14.7. The van der Waals surface area contributed by atoms with Gasteiger partial charge in [0.05, 0.1) is 12.6 Å². The van der Waals surface area contributed by atoms with E-state index < -0.39 is 5.54 Å². The summed E-state index contributed by atoms with van der Waals surface area (Å²) < 4.78 is 5.20. The van der Waals surface area contributed by atoms with Crippen LogP contribution in [0.2, 0.25) is 0 Å². The van der Waals surface area contributed by atoms with E-state index in [1.165, 1.54) is 5.56 Å². The van der Waals surface area contributed by atoms with Crippen LogP contribution in [0.5, 0.6) is 5.75 Å². The fourth-order valence-electron chi connectivity index (χ4n) is 3.16. The van der Waals surface area contributed by atoms with Gasteiger partial charge in [-0.25, -0.2) is 4.79 Å². The highest BCUT2D eigenvalue weighted by atomic mass is 16.5. The number of para-hydroxylation sites is 1. The zero-order valence-corrected chi connectivity index (χ0v) is 14.5. The van der Waals surface area contributed by atoms with E-state index in [9.17, 15) is 4.79 Å². The predicted molar refractivity (Wildman–Crippen MR) is 96.7 cm³/mol. The molecule has 0 radical (unpaired) electrons. The van der Waals surface area contributed by atoms with Crippen molar-refractivity contribution in [1.29, 1.82) is 0 Å². The van der Waals surface area contributed by atoms with E-state index in [0.717, 1.165) is 36.4 Å². The van der Waals surface area contributed by atoms with Gasteiger partial charge in [-0.3, -0.25) is 4.90 Å². The minimum atomic E-state index is -0.463. The summed E-state index contributed by atoms with van der Waals surface area (Å²) in [5.74, 6) is 0.811. The lowest BCUT2D eigenvalue weighted by atomic mass is 9.94. The van der Waals surface area contributed by atoms with E-state index in [1.807, 2.05) is 61.2 Å². The lowest BCUT2D eigenvalue weighted by Crippen LogP contribution is -2.50. The quantitative estimate of drug-likeness (QED) is 0.924. The molecule has 0 bridgehead atoms. The fraction of sp³-hybridized carbons (Fsp3) is 0.350. The Kier molecular flexibility index (Phi) is 4.47. The van der Waals surface area contributed by atoms with Crippen LogP contribution in [-0.4, -0.2) is 19.7 Å². The number of nitrogens with one attached hydrogen (secondary N) is 1. The Bertz CT molecular complexity index is 723. The molecule has 0 saturated carbocycles. The molecule has 1 N–H and O–H groups in total. The number of methoxy groups -OCH3 is 1. The minimum absolute atomic E-state index is 0.0528. The Balaban J connectivity index is 1.78.